The smallest absolute Gasteiger partial charge is 0.0515 e. The molecule has 0 aromatic heterocycles. The Morgan fingerprint density at radius 2 is 1.65 bits per heavy atom. The van der Waals surface area contributed by atoms with Gasteiger partial charge in [0.25, 0.3) is 0 Å². The van der Waals surface area contributed by atoms with Crippen LogP contribution in [0.2, 0.25) is 0 Å². The first-order chi connectivity index (χ1) is 8.69. The molecule has 1 heterocycles. The van der Waals surface area contributed by atoms with E-state index in [1.54, 1.807) is 0 Å². The molecule has 4 atom stereocenters. The summed E-state index contributed by atoms with van der Waals surface area (Å²) in [4.78, 5) is 2.53. The SMILES string of the molecule is Cl.Cl.N[C@H]1CCC[C@@H](CN2CC3C(C2)C3(CO)CO)C1. The zero-order valence-electron chi connectivity index (χ0n) is 11.9. The summed E-state index contributed by atoms with van der Waals surface area (Å²) in [7, 11) is 0. The largest absolute Gasteiger partial charge is 0.396 e. The number of likely N-dealkylation sites (tertiary alicyclic amines) is 1. The molecule has 2 aliphatic carbocycles. The van der Waals surface area contributed by atoms with Crippen molar-refractivity contribution in [1.82, 2.24) is 4.90 Å². The lowest BCUT2D eigenvalue weighted by atomic mass is 9.85. The highest BCUT2D eigenvalue weighted by Crippen LogP contribution is 2.62. The topological polar surface area (TPSA) is 69.7 Å². The summed E-state index contributed by atoms with van der Waals surface area (Å²) in [6, 6.07) is 0.412. The van der Waals surface area contributed by atoms with Gasteiger partial charge in [-0.25, -0.2) is 0 Å². The van der Waals surface area contributed by atoms with E-state index in [4.69, 9.17) is 5.73 Å². The van der Waals surface area contributed by atoms with Gasteiger partial charge in [0, 0.05) is 31.1 Å². The van der Waals surface area contributed by atoms with Gasteiger partial charge in [0.05, 0.1) is 13.2 Å². The van der Waals surface area contributed by atoms with E-state index in [0.717, 1.165) is 19.0 Å². The predicted molar refractivity (Wildman–Crippen MR) is 84.5 cm³/mol. The number of nitrogens with zero attached hydrogens (tertiary/aromatic N) is 1. The standard InChI is InChI=1S/C14H26N2O2.2ClH/c15-11-3-1-2-10(4-11)5-16-6-12-13(7-16)14(12,8-17)9-18;;/h10-13,17-18H,1-9,15H2;2*1H/t10-,11+,12?,13?;;/m1../s1. The molecule has 0 amide bonds. The van der Waals surface area contributed by atoms with Gasteiger partial charge in [-0.05, 0) is 37.0 Å². The number of piperidine rings is 1. The van der Waals surface area contributed by atoms with Crippen molar-refractivity contribution < 1.29 is 10.2 Å². The molecule has 3 rings (SSSR count). The second-order valence-electron chi connectivity index (χ2n) is 6.77. The van der Waals surface area contributed by atoms with E-state index in [-0.39, 0.29) is 43.4 Å². The number of rotatable bonds is 4. The molecule has 1 saturated heterocycles. The highest BCUT2D eigenvalue weighted by atomic mass is 35.5. The Morgan fingerprint density at radius 1 is 1.05 bits per heavy atom. The fraction of sp³-hybridized carbons (Fsp3) is 1.00. The van der Waals surface area contributed by atoms with Gasteiger partial charge in [-0.3, -0.25) is 0 Å². The molecule has 2 saturated carbocycles. The van der Waals surface area contributed by atoms with Crippen molar-refractivity contribution in [3.8, 4) is 0 Å². The first-order valence-corrected chi connectivity index (χ1v) is 7.39. The van der Waals surface area contributed by atoms with E-state index in [1.165, 1.54) is 32.2 Å². The molecule has 1 aliphatic heterocycles. The molecule has 2 unspecified atom stereocenters. The van der Waals surface area contributed by atoms with Gasteiger partial charge < -0.3 is 20.8 Å². The van der Waals surface area contributed by atoms with Crippen molar-refractivity contribution in [3.05, 3.63) is 0 Å². The molecule has 3 fully saturated rings. The van der Waals surface area contributed by atoms with Crippen molar-refractivity contribution in [2.45, 2.75) is 31.7 Å². The maximum Gasteiger partial charge on any atom is 0.0515 e. The molecule has 3 aliphatic rings. The predicted octanol–water partition coefficient (Wildman–Crippen LogP) is 0.880. The molecular weight excluding hydrogens is 299 g/mol. The lowest BCUT2D eigenvalue weighted by Crippen LogP contribution is -2.38. The Labute approximate surface area is 133 Å². The summed E-state index contributed by atoms with van der Waals surface area (Å²) in [5.41, 5.74) is 5.90. The van der Waals surface area contributed by atoms with Crippen LogP contribution in [0.5, 0.6) is 0 Å². The van der Waals surface area contributed by atoms with Crippen LogP contribution < -0.4 is 5.73 Å². The number of aliphatic hydroxyl groups excluding tert-OH is 2. The summed E-state index contributed by atoms with van der Waals surface area (Å²) in [6.45, 7) is 3.62. The summed E-state index contributed by atoms with van der Waals surface area (Å²) < 4.78 is 0. The Bertz CT molecular complexity index is 302. The Hall–Kier alpha value is 0.420. The number of hydrogen-bond acceptors (Lipinski definition) is 4. The summed E-state index contributed by atoms with van der Waals surface area (Å²) in [5, 5.41) is 18.8. The van der Waals surface area contributed by atoms with Crippen LogP contribution in [0, 0.1) is 23.2 Å². The first kappa shape index (κ1) is 18.5. The molecule has 120 valence electrons. The number of aliphatic hydroxyl groups is 2. The van der Waals surface area contributed by atoms with Crippen LogP contribution in [0.3, 0.4) is 0 Å². The Morgan fingerprint density at radius 3 is 2.15 bits per heavy atom. The van der Waals surface area contributed by atoms with Crippen LogP contribution in [-0.4, -0.2) is 54.0 Å². The van der Waals surface area contributed by atoms with E-state index in [9.17, 15) is 10.2 Å². The molecular formula is C14H28Cl2N2O2. The van der Waals surface area contributed by atoms with Crippen molar-refractivity contribution in [1.29, 1.82) is 0 Å². The maximum atomic E-state index is 9.41. The van der Waals surface area contributed by atoms with E-state index in [0.29, 0.717) is 17.9 Å². The second-order valence-corrected chi connectivity index (χ2v) is 6.77. The normalized spacial score (nSPS) is 38.5. The summed E-state index contributed by atoms with van der Waals surface area (Å²) in [5.74, 6) is 1.83. The number of fused-ring (bicyclic) bond motifs is 1. The number of nitrogens with two attached hydrogens (primary N) is 1. The monoisotopic (exact) mass is 326 g/mol. The molecule has 0 aromatic rings. The minimum absolute atomic E-state index is 0. The minimum Gasteiger partial charge on any atom is -0.396 e. The molecule has 4 N–H and O–H groups in total. The van der Waals surface area contributed by atoms with Crippen LogP contribution in [-0.2, 0) is 0 Å². The van der Waals surface area contributed by atoms with Crippen molar-refractivity contribution in [2.75, 3.05) is 32.8 Å². The van der Waals surface area contributed by atoms with Gasteiger partial charge in [-0.15, -0.1) is 24.8 Å². The quantitative estimate of drug-likeness (QED) is 0.717. The zero-order valence-corrected chi connectivity index (χ0v) is 13.5. The van der Waals surface area contributed by atoms with Crippen LogP contribution >= 0.6 is 24.8 Å². The van der Waals surface area contributed by atoms with Crippen molar-refractivity contribution in [3.63, 3.8) is 0 Å². The highest BCUT2D eigenvalue weighted by Gasteiger charge is 2.67. The van der Waals surface area contributed by atoms with E-state index < -0.39 is 0 Å². The third-order valence-corrected chi connectivity index (χ3v) is 5.69. The number of hydrogen-bond donors (Lipinski definition) is 3. The minimum atomic E-state index is -0.139. The van der Waals surface area contributed by atoms with Crippen molar-refractivity contribution >= 4 is 24.8 Å². The van der Waals surface area contributed by atoms with Gasteiger partial charge in [-0.2, -0.15) is 0 Å². The van der Waals surface area contributed by atoms with Gasteiger partial charge in [0.15, 0.2) is 0 Å². The summed E-state index contributed by atoms with van der Waals surface area (Å²) in [6.07, 6.45) is 4.98. The summed E-state index contributed by atoms with van der Waals surface area (Å²) >= 11 is 0. The zero-order chi connectivity index (χ0) is 12.8. The first-order valence-electron chi connectivity index (χ1n) is 7.39. The van der Waals surface area contributed by atoms with E-state index in [2.05, 4.69) is 4.90 Å². The van der Waals surface area contributed by atoms with E-state index >= 15 is 0 Å². The third kappa shape index (κ3) is 3.11. The number of halogens is 2. The molecule has 20 heavy (non-hydrogen) atoms. The molecule has 6 heteroatoms. The second kappa shape index (κ2) is 7.12. The maximum absolute atomic E-state index is 9.41. The lowest BCUT2D eigenvalue weighted by molar-refractivity contribution is 0.0824. The van der Waals surface area contributed by atoms with Gasteiger partial charge in [0.1, 0.15) is 0 Å². The van der Waals surface area contributed by atoms with Crippen LogP contribution in [0.1, 0.15) is 25.7 Å². The average molecular weight is 327 g/mol. The Kier molecular flexibility index (Phi) is 6.58. The van der Waals surface area contributed by atoms with E-state index in [1.807, 2.05) is 0 Å². The molecule has 0 spiro atoms. The fourth-order valence-corrected chi connectivity index (χ4v) is 4.45. The Balaban J connectivity index is 0.000001000. The van der Waals surface area contributed by atoms with Gasteiger partial charge >= 0.3 is 0 Å². The van der Waals surface area contributed by atoms with Gasteiger partial charge in [0.2, 0.25) is 0 Å². The average Bonchev–Trinajstić information content (AvgIpc) is 2.74. The third-order valence-electron chi connectivity index (χ3n) is 5.69. The molecule has 0 radical (unpaired) electrons. The van der Waals surface area contributed by atoms with Crippen LogP contribution in [0.25, 0.3) is 0 Å². The van der Waals surface area contributed by atoms with Crippen LogP contribution in [0.15, 0.2) is 0 Å². The molecule has 4 nitrogen and oxygen atoms in total. The fourth-order valence-electron chi connectivity index (χ4n) is 4.45. The van der Waals surface area contributed by atoms with Crippen LogP contribution in [0.4, 0.5) is 0 Å². The molecule has 0 bridgehead atoms. The molecule has 0 aromatic carbocycles. The lowest BCUT2D eigenvalue weighted by Gasteiger charge is -2.32. The van der Waals surface area contributed by atoms with Gasteiger partial charge in [-0.1, -0.05) is 6.42 Å². The van der Waals surface area contributed by atoms with Crippen molar-refractivity contribution in [2.24, 2.45) is 28.9 Å². The highest BCUT2D eigenvalue weighted by molar-refractivity contribution is 5.85.